The normalized spacial score (nSPS) is 18.7. The van der Waals surface area contributed by atoms with Gasteiger partial charge in [-0.2, -0.15) is 0 Å². The number of hydrogen-bond donors (Lipinski definition) is 2. The highest BCUT2D eigenvalue weighted by Crippen LogP contribution is 2.42. The standard InChI is InChI=1S/C18H16ClN5O2/c19-11-8-10(9-14-15(11)26-7-3-6-25-14)16-22-17(20)23-18-21-12-4-1-2-5-13(12)24(16)18/h1-2,4-5,8-9,16H,3,6-7H2,(H3,20,21,22,23)/t16-/m1/s1. The number of nitrogens with two attached hydrogens (primary N) is 1. The number of rotatable bonds is 1. The molecule has 132 valence electrons. The maximum atomic E-state index is 6.47. The van der Waals surface area contributed by atoms with Crippen molar-refractivity contribution >= 4 is 34.5 Å². The van der Waals surface area contributed by atoms with E-state index in [1.807, 2.05) is 41.0 Å². The van der Waals surface area contributed by atoms with Crippen molar-refractivity contribution in [3.8, 4) is 11.5 Å². The fraction of sp³-hybridized carbons (Fsp3) is 0.222. The summed E-state index contributed by atoms with van der Waals surface area (Å²) in [6.07, 6.45) is 0.419. The lowest BCUT2D eigenvalue weighted by Crippen LogP contribution is -2.31. The summed E-state index contributed by atoms with van der Waals surface area (Å²) in [4.78, 5) is 9.19. The summed E-state index contributed by atoms with van der Waals surface area (Å²) in [5.74, 6) is 2.16. The van der Waals surface area contributed by atoms with Gasteiger partial charge in [0.25, 0.3) is 0 Å². The minimum Gasteiger partial charge on any atom is -0.489 e. The van der Waals surface area contributed by atoms with Crippen LogP contribution in [0.25, 0.3) is 11.0 Å². The van der Waals surface area contributed by atoms with Crippen molar-refractivity contribution in [1.29, 1.82) is 0 Å². The molecular weight excluding hydrogens is 354 g/mol. The second-order valence-electron chi connectivity index (χ2n) is 6.19. The predicted octanol–water partition coefficient (Wildman–Crippen LogP) is 3.14. The van der Waals surface area contributed by atoms with Gasteiger partial charge in [-0.25, -0.2) is 9.98 Å². The van der Waals surface area contributed by atoms with Crippen molar-refractivity contribution < 1.29 is 9.47 Å². The molecule has 3 aromatic rings. The van der Waals surface area contributed by atoms with Gasteiger partial charge in [0.15, 0.2) is 23.6 Å². The van der Waals surface area contributed by atoms with Crippen LogP contribution in [0.15, 0.2) is 41.4 Å². The molecule has 26 heavy (non-hydrogen) atoms. The molecule has 8 heteroatoms. The Hall–Kier alpha value is -2.93. The van der Waals surface area contributed by atoms with Crippen molar-refractivity contribution in [3.05, 3.63) is 47.0 Å². The van der Waals surface area contributed by atoms with Crippen LogP contribution in [0, 0.1) is 0 Å². The summed E-state index contributed by atoms with van der Waals surface area (Å²) in [6.45, 7) is 1.17. The van der Waals surface area contributed by atoms with Crippen molar-refractivity contribution in [2.45, 2.75) is 12.6 Å². The number of guanidine groups is 1. The number of aromatic nitrogens is 2. The van der Waals surface area contributed by atoms with E-state index in [0.717, 1.165) is 23.0 Å². The quantitative estimate of drug-likeness (QED) is 0.688. The lowest BCUT2D eigenvalue weighted by Gasteiger charge is -2.24. The molecule has 0 aliphatic carbocycles. The zero-order chi connectivity index (χ0) is 17.7. The van der Waals surface area contributed by atoms with Gasteiger partial charge in [-0.05, 0) is 24.3 Å². The molecule has 3 heterocycles. The van der Waals surface area contributed by atoms with Crippen LogP contribution >= 0.6 is 11.6 Å². The van der Waals surface area contributed by atoms with E-state index in [0.29, 0.717) is 41.6 Å². The molecule has 1 atom stereocenters. The van der Waals surface area contributed by atoms with Crippen LogP contribution in [0.3, 0.4) is 0 Å². The Bertz CT molecular complexity index is 1050. The van der Waals surface area contributed by atoms with Crippen molar-refractivity contribution in [1.82, 2.24) is 9.55 Å². The molecule has 0 saturated carbocycles. The number of benzene rings is 2. The Labute approximate surface area is 154 Å². The number of nitrogens with zero attached hydrogens (tertiary/aromatic N) is 3. The van der Waals surface area contributed by atoms with Gasteiger partial charge in [0.2, 0.25) is 5.95 Å². The van der Waals surface area contributed by atoms with Crippen molar-refractivity contribution in [2.75, 3.05) is 18.5 Å². The van der Waals surface area contributed by atoms with Crippen LogP contribution in [0.1, 0.15) is 18.2 Å². The molecule has 3 N–H and O–H groups in total. The number of ether oxygens (including phenoxy) is 2. The number of hydrogen-bond acceptors (Lipinski definition) is 6. The van der Waals surface area contributed by atoms with E-state index < -0.39 is 6.17 Å². The van der Waals surface area contributed by atoms with Gasteiger partial charge in [0, 0.05) is 12.0 Å². The summed E-state index contributed by atoms with van der Waals surface area (Å²) < 4.78 is 13.5. The number of halogens is 1. The highest BCUT2D eigenvalue weighted by Gasteiger charge is 2.27. The molecule has 0 radical (unpaired) electrons. The molecule has 5 rings (SSSR count). The SMILES string of the molecule is NC1=N[C@@H](c2cc(Cl)c3c(c2)OCCCO3)n2c(nc3ccccc32)N1. The van der Waals surface area contributed by atoms with Crippen LogP contribution in [-0.2, 0) is 0 Å². The second kappa shape index (κ2) is 5.81. The molecule has 0 bridgehead atoms. The Morgan fingerprint density at radius 3 is 2.96 bits per heavy atom. The van der Waals surface area contributed by atoms with Gasteiger partial charge < -0.3 is 15.2 Å². The van der Waals surface area contributed by atoms with Gasteiger partial charge in [0.1, 0.15) is 0 Å². The van der Waals surface area contributed by atoms with Crippen LogP contribution < -0.4 is 20.5 Å². The Kier molecular flexibility index (Phi) is 3.43. The average molecular weight is 370 g/mol. The third kappa shape index (κ3) is 2.35. The molecule has 2 aliphatic heterocycles. The van der Waals surface area contributed by atoms with E-state index in [2.05, 4.69) is 15.3 Å². The monoisotopic (exact) mass is 369 g/mol. The summed E-state index contributed by atoms with van der Waals surface area (Å²) in [5, 5.41) is 3.52. The Morgan fingerprint density at radius 2 is 2.04 bits per heavy atom. The highest BCUT2D eigenvalue weighted by atomic mass is 35.5. The number of para-hydroxylation sites is 2. The first-order chi connectivity index (χ1) is 12.7. The molecular formula is C18H16ClN5O2. The minimum atomic E-state index is -0.395. The number of anilines is 1. The number of aliphatic imine (C=N–C) groups is 1. The van der Waals surface area contributed by atoms with Gasteiger partial charge in [0.05, 0.1) is 29.3 Å². The maximum Gasteiger partial charge on any atom is 0.212 e. The first kappa shape index (κ1) is 15.3. The van der Waals surface area contributed by atoms with Gasteiger partial charge in [-0.1, -0.05) is 23.7 Å². The molecule has 2 aliphatic rings. The fourth-order valence-electron chi connectivity index (χ4n) is 3.34. The molecule has 0 saturated heterocycles. The predicted molar refractivity (Wildman–Crippen MR) is 100 cm³/mol. The number of imidazole rings is 1. The van der Waals surface area contributed by atoms with E-state index in [9.17, 15) is 0 Å². The summed E-state index contributed by atoms with van der Waals surface area (Å²) in [5.41, 5.74) is 8.68. The first-order valence-electron chi connectivity index (χ1n) is 8.37. The van der Waals surface area contributed by atoms with Gasteiger partial charge >= 0.3 is 0 Å². The van der Waals surface area contributed by atoms with Crippen LogP contribution in [0.4, 0.5) is 5.95 Å². The summed E-state index contributed by atoms with van der Waals surface area (Å²) in [6, 6.07) is 11.6. The minimum absolute atomic E-state index is 0.307. The third-order valence-electron chi connectivity index (χ3n) is 4.46. The fourth-order valence-corrected chi connectivity index (χ4v) is 3.61. The number of nitrogens with one attached hydrogen (secondary N) is 1. The lowest BCUT2D eigenvalue weighted by molar-refractivity contribution is 0.297. The molecule has 0 fully saturated rings. The zero-order valence-electron chi connectivity index (χ0n) is 13.8. The van der Waals surface area contributed by atoms with E-state index in [4.69, 9.17) is 26.8 Å². The third-order valence-corrected chi connectivity index (χ3v) is 4.75. The maximum absolute atomic E-state index is 6.47. The van der Waals surface area contributed by atoms with Gasteiger partial charge in [-0.3, -0.25) is 9.88 Å². The summed E-state index contributed by atoms with van der Waals surface area (Å²) in [7, 11) is 0. The molecule has 7 nitrogen and oxygen atoms in total. The Morgan fingerprint density at radius 1 is 1.19 bits per heavy atom. The number of fused-ring (bicyclic) bond motifs is 4. The Balaban J connectivity index is 1.70. The zero-order valence-corrected chi connectivity index (χ0v) is 14.5. The largest absolute Gasteiger partial charge is 0.489 e. The molecule has 1 aromatic heterocycles. The van der Waals surface area contributed by atoms with E-state index in [1.165, 1.54) is 0 Å². The average Bonchev–Trinajstić information content (AvgIpc) is 2.82. The van der Waals surface area contributed by atoms with E-state index >= 15 is 0 Å². The van der Waals surface area contributed by atoms with E-state index in [-0.39, 0.29) is 0 Å². The molecule has 0 unspecified atom stereocenters. The second-order valence-corrected chi connectivity index (χ2v) is 6.59. The van der Waals surface area contributed by atoms with Gasteiger partial charge in [-0.15, -0.1) is 0 Å². The lowest BCUT2D eigenvalue weighted by atomic mass is 10.1. The first-order valence-corrected chi connectivity index (χ1v) is 8.75. The summed E-state index contributed by atoms with van der Waals surface area (Å²) >= 11 is 6.47. The topological polar surface area (TPSA) is 86.7 Å². The van der Waals surface area contributed by atoms with Crippen molar-refractivity contribution in [3.63, 3.8) is 0 Å². The smallest absolute Gasteiger partial charge is 0.212 e. The van der Waals surface area contributed by atoms with Crippen molar-refractivity contribution in [2.24, 2.45) is 10.7 Å². The van der Waals surface area contributed by atoms with Crippen LogP contribution in [0.5, 0.6) is 11.5 Å². The molecule has 2 aromatic carbocycles. The highest BCUT2D eigenvalue weighted by molar-refractivity contribution is 6.32. The van der Waals surface area contributed by atoms with Crippen LogP contribution in [0.2, 0.25) is 5.02 Å². The molecule has 0 spiro atoms. The van der Waals surface area contributed by atoms with Crippen LogP contribution in [-0.4, -0.2) is 28.7 Å². The molecule has 0 amide bonds. The van der Waals surface area contributed by atoms with E-state index in [1.54, 1.807) is 0 Å².